The summed E-state index contributed by atoms with van der Waals surface area (Å²) in [7, 11) is 0. The maximum atomic E-state index is 12.7. The number of hydrogen-bond donors (Lipinski definition) is 1. The highest BCUT2D eigenvalue weighted by atomic mass is 32.1. The summed E-state index contributed by atoms with van der Waals surface area (Å²) in [5, 5.41) is 0.741. The molecule has 2 aliphatic rings. The van der Waals surface area contributed by atoms with Crippen molar-refractivity contribution in [3.8, 4) is 0 Å². The fourth-order valence-electron chi connectivity index (χ4n) is 4.49. The number of fused-ring (bicyclic) bond motifs is 3. The Morgan fingerprint density at radius 1 is 1.33 bits per heavy atom. The predicted molar refractivity (Wildman–Crippen MR) is 107 cm³/mol. The first-order valence-electron chi connectivity index (χ1n) is 10.2. The van der Waals surface area contributed by atoms with Crippen LogP contribution in [-0.2, 0) is 22.4 Å². The molecule has 0 spiro atoms. The number of carbonyl (C=O) groups excluding carboxylic acids is 1. The van der Waals surface area contributed by atoms with Gasteiger partial charge in [0.05, 0.1) is 5.39 Å². The van der Waals surface area contributed by atoms with Gasteiger partial charge in [-0.2, -0.15) is 0 Å². The largest absolute Gasteiger partial charge is 0.454 e. The molecule has 2 heterocycles. The summed E-state index contributed by atoms with van der Waals surface area (Å²) in [6.07, 6.45) is 8.95. The summed E-state index contributed by atoms with van der Waals surface area (Å²) in [6, 6.07) is 0. The summed E-state index contributed by atoms with van der Waals surface area (Å²) in [4.78, 5) is 34.4. The number of thiophene rings is 1. The van der Waals surface area contributed by atoms with Crippen LogP contribution in [0.5, 0.6) is 0 Å². The molecule has 0 bridgehead atoms. The van der Waals surface area contributed by atoms with Crippen molar-refractivity contribution < 1.29 is 9.53 Å². The molecular weight excluding hydrogens is 360 g/mol. The molecule has 2 atom stereocenters. The van der Waals surface area contributed by atoms with Gasteiger partial charge in [-0.15, -0.1) is 11.3 Å². The zero-order valence-electron chi connectivity index (χ0n) is 16.2. The normalized spacial score (nSPS) is 21.3. The molecule has 0 aliphatic heterocycles. The van der Waals surface area contributed by atoms with Gasteiger partial charge in [0.25, 0.3) is 5.56 Å². The third-order valence-electron chi connectivity index (χ3n) is 6.11. The molecule has 146 valence electrons. The van der Waals surface area contributed by atoms with Gasteiger partial charge in [-0.25, -0.2) is 4.98 Å². The van der Waals surface area contributed by atoms with Crippen LogP contribution in [0.3, 0.4) is 0 Å². The summed E-state index contributed by atoms with van der Waals surface area (Å²) in [5.41, 5.74) is 1.07. The van der Waals surface area contributed by atoms with E-state index >= 15 is 0 Å². The number of aromatic amines is 1. The molecular formula is C21H28N2O3S. The third kappa shape index (κ3) is 3.96. The molecule has 0 amide bonds. The number of H-pyrrole nitrogens is 1. The molecule has 5 nitrogen and oxygen atoms in total. The molecule has 1 saturated carbocycles. The van der Waals surface area contributed by atoms with Crippen molar-refractivity contribution in [2.45, 2.75) is 77.7 Å². The van der Waals surface area contributed by atoms with Gasteiger partial charge in [0, 0.05) is 11.3 Å². The van der Waals surface area contributed by atoms with Crippen LogP contribution in [0.15, 0.2) is 4.79 Å². The van der Waals surface area contributed by atoms with Crippen molar-refractivity contribution in [2.24, 2.45) is 11.8 Å². The van der Waals surface area contributed by atoms with E-state index < -0.39 is 6.10 Å². The summed E-state index contributed by atoms with van der Waals surface area (Å²) in [6.45, 7) is 4.04. The first-order valence-corrected chi connectivity index (χ1v) is 11.1. The molecule has 6 heteroatoms. The molecule has 27 heavy (non-hydrogen) atoms. The van der Waals surface area contributed by atoms with E-state index in [9.17, 15) is 9.59 Å². The minimum absolute atomic E-state index is 0.101. The van der Waals surface area contributed by atoms with E-state index in [4.69, 9.17) is 4.74 Å². The number of nitrogens with zero attached hydrogens (tertiary/aromatic N) is 1. The number of rotatable bonds is 5. The van der Waals surface area contributed by atoms with Crippen LogP contribution in [-0.4, -0.2) is 15.9 Å². The van der Waals surface area contributed by atoms with E-state index in [-0.39, 0.29) is 11.5 Å². The van der Waals surface area contributed by atoms with Gasteiger partial charge in [0.1, 0.15) is 4.83 Å². The van der Waals surface area contributed by atoms with Crippen LogP contribution in [0.25, 0.3) is 10.2 Å². The highest BCUT2D eigenvalue weighted by molar-refractivity contribution is 7.18. The van der Waals surface area contributed by atoms with Crippen molar-refractivity contribution in [3.63, 3.8) is 0 Å². The van der Waals surface area contributed by atoms with E-state index in [0.717, 1.165) is 35.9 Å². The van der Waals surface area contributed by atoms with E-state index in [1.165, 1.54) is 36.1 Å². The van der Waals surface area contributed by atoms with Crippen LogP contribution in [0.1, 0.15) is 81.2 Å². The third-order valence-corrected chi connectivity index (χ3v) is 7.26. The second kappa shape index (κ2) is 7.74. The highest BCUT2D eigenvalue weighted by Crippen LogP contribution is 2.36. The van der Waals surface area contributed by atoms with Crippen LogP contribution < -0.4 is 5.56 Å². The number of aromatic nitrogens is 2. The standard InChI is InChI=1S/C21H28N2O3S/c1-12-7-9-15-16(11-12)27-21-18(15)20(25)22-19(23-21)13(2)26-17(24)10-8-14-5-3-4-6-14/h12-14H,3-11H2,1-2H3,(H,22,23,25)/t12-,13-/m0/s1. The molecule has 0 unspecified atom stereocenters. The molecule has 2 aromatic heterocycles. The van der Waals surface area contributed by atoms with Gasteiger partial charge in [-0.3, -0.25) is 9.59 Å². The zero-order valence-corrected chi connectivity index (χ0v) is 17.0. The number of nitrogens with one attached hydrogen (secondary N) is 1. The van der Waals surface area contributed by atoms with Gasteiger partial charge >= 0.3 is 5.97 Å². The van der Waals surface area contributed by atoms with Crippen molar-refractivity contribution in [1.29, 1.82) is 0 Å². The van der Waals surface area contributed by atoms with Crippen molar-refractivity contribution in [2.75, 3.05) is 0 Å². The average molecular weight is 389 g/mol. The molecule has 2 aliphatic carbocycles. The number of carbonyl (C=O) groups is 1. The lowest BCUT2D eigenvalue weighted by Crippen LogP contribution is -2.18. The number of esters is 1. The Morgan fingerprint density at radius 3 is 2.89 bits per heavy atom. The second-order valence-electron chi connectivity index (χ2n) is 8.30. The Morgan fingerprint density at radius 2 is 2.11 bits per heavy atom. The lowest BCUT2D eigenvalue weighted by Gasteiger charge is -2.17. The summed E-state index contributed by atoms with van der Waals surface area (Å²) < 4.78 is 5.55. The quantitative estimate of drug-likeness (QED) is 0.755. The topological polar surface area (TPSA) is 72.0 Å². The zero-order chi connectivity index (χ0) is 19.0. The van der Waals surface area contributed by atoms with Crippen LogP contribution in [0.2, 0.25) is 0 Å². The van der Waals surface area contributed by atoms with E-state index in [0.29, 0.717) is 24.1 Å². The molecule has 0 radical (unpaired) electrons. The van der Waals surface area contributed by atoms with Gasteiger partial charge in [-0.05, 0) is 50.0 Å². The van der Waals surface area contributed by atoms with Crippen molar-refractivity contribution in [1.82, 2.24) is 9.97 Å². The Bertz CT molecular complexity index is 895. The second-order valence-corrected chi connectivity index (χ2v) is 9.39. The average Bonchev–Trinajstić information content (AvgIpc) is 3.26. The van der Waals surface area contributed by atoms with E-state index in [1.807, 2.05) is 0 Å². The number of hydrogen-bond acceptors (Lipinski definition) is 5. The Hall–Kier alpha value is -1.69. The Balaban J connectivity index is 1.48. The van der Waals surface area contributed by atoms with Gasteiger partial charge in [0.2, 0.25) is 0 Å². The lowest BCUT2D eigenvalue weighted by molar-refractivity contribution is -0.149. The van der Waals surface area contributed by atoms with Crippen LogP contribution >= 0.6 is 11.3 Å². The number of aryl methyl sites for hydroxylation is 1. The smallest absolute Gasteiger partial charge is 0.306 e. The molecule has 1 N–H and O–H groups in total. The highest BCUT2D eigenvalue weighted by Gasteiger charge is 2.24. The van der Waals surface area contributed by atoms with E-state index in [1.54, 1.807) is 18.3 Å². The van der Waals surface area contributed by atoms with Crippen molar-refractivity contribution >= 4 is 27.5 Å². The van der Waals surface area contributed by atoms with Crippen molar-refractivity contribution in [3.05, 3.63) is 26.6 Å². The maximum absolute atomic E-state index is 12.7. The van der Waals surface area contributed by atoms with Crippen LogP contribution in [0.4, 0.5) is 0 Å². The summed E-state index contributed by atoms with van der Waals surface area (Å²) >= 11 is 1.62. The fraction of sp³-hybridized carbons (Fsp3) is 0.667. The number of ether oxygens (including phenoxy) is 1. The van der Waals surface area contributed by atoms with Gasteiger partial charge in [-0.1, -0.05) is 32.6 Å². The maximum Gasteiger partial charge on any atom is 0.306 e. The predicted octanol–water partition coefficient (Wildman–Crippen LogP) is 4.68. The van der Waals surface area contributed by atoms with Gasteiger partial charge < -0.3 is 9.72 Å². The minimum atomic E-state index is -0.531. The Kier molecular flexibility index (Phi) is 5.35. The molecule has 0 aromatic carbocycles. The minimum Gasteiger partial charge on any atom is -0.454 e. The molecule has 2 aromatic rings. The monoisotopic (exact) mass is 388 g/mol. The first-order chi connectivity index (χ1) is 13.0. The summed E-state index contributed by atoms with van der Waals surface area (Å²) in [5.74, 6) is 1.58. The molecule has 1 fully saturated rings. The Labute approximate surface area is 163 Å². The van der Waals surface area contributed by atoms with E-state index in [2.05, 4.69) is 16.9 Å². The molecule has 0 saturated heterocycles. The van der Waals surface area contributed by atoms with Crippen LogP contribution in [0, 0.1) is 11.8 Å². The first kappa shape index (κ1) is 18.7. The lowest BCUT2D eigenvalue weighted by atomic mass is 9.89. The fourth-order valence-corrected chi connectivity index (χ4v) is 5.88. The molecule has 4 rings (SSSR count). The van der Waals surface area contributed by atoms with Gasteiger partial charge in [0.15, 0.2) is 11.9 Å². The SMILES string of the molecule is C[C@H]1CCc2c(sc3nc([C@H](C)OC(=O)CCC4CCCC4)[nH]c(=O)c23)C1.